The summed E-state index contributed by atoms with van der Waals surface area (Å²) in [7, 11) is 0. The first-order chi connectivity index (χ1) is 9.00. The van der Waals surface area contributed by atoms with Crippen LogP contribution in [0.1, 0.15) is 116 Å². The summed E-state index contributed by atoms with van der Waals surface area (Å²) in [6.07, 6.45) is 27.0. The molecule has 3 aliphatic rings. The van der Waals surface area contributed by atoms with Crippen molar-refractivity contribution in [2.24, 2.45) is 0 Å². The summed E-state index contributed by atoms with van der Waals surface area (Å²) in [5, 5.41) is 0. The molecule has 3 rings (SSSR count). The van der Waals surface area contributed by atoms with Crippen LogP contribution in [0.25, 0.3) is 0 Å². The summed E-state index contributed by atoms with van der Waals surface area (Å²) in [5.74, 6) is 0. The Morgan fingerprint density at radius 1 is 0.111 bits per heavy atom. The molecule has 0 aliphatic heterocycles. The fourth-order valence-electron chi connectivity index (χ4n) is 3.18. The van der Waals surface area contributed by atoms with Gasteiger partial charge in [-0.3, -0.25) is 0 Å². The van der Waals surface area contributed by atoms with E-state index < -0.39 is 0 Å². The van der Waals surface area contributed by atoms with E-state index in [-0.39, 0.29) is 0 Å². The van der Waals surface area contributed by atoms with E-state index in [2.05, 4.69) is 0 Å². The lowest BCUT2D eigenvalue weighted by molar-refractivity contribution is 0.504. The van der Waals surface area contributed by atoms with Crippen molar-refractivity contribution in [1.29, 1.82) is 0 Å². The summed E-state index contributed by atoms with van der Waals surface area (Å²) in [6.45, 7) is 0. The predicted octanol–water partition coefficient (Wildman–Crippen LogP) is 7.02. The second-order valence-electron chi connectivity index (χ2n) is 6.36. The molecule has 0 aromatic rings. The van der Waals surface area contributed by atoms with Gasteiger partial charge in [0.15, 0.2) is 0 Å². The van der Waals surface area contributed by atoms with Gasteiger partial charge >= 0.3 is 0 Å². The van der Waals surface area contributed by atoms with E-state index in [0.29, 0.717) is 0 Å². The topological polar surface area (TPSA) is 0 Å². The Bertz CT molecular complexity index is 103. The first-order valence-corrected chi connectivity index (χ1v) is 9.00. The Kier molecular flexibility index (Phi) is 12.0. The molecule has 0 radical (unpaired) electrons. The average molecular weight is 252 g/mol. The molecule has 3 aliphatic carbocycles. The molecule has 0 unspecified atom stereocenters. The number of rotatable bonds is 0. The van der Waals surface area contributed by atoms with Crippen LogP contribution in [0, 0.1) is 0 Å². The second kappa shape index (κ2) is 13.4. The minimum atomic E-state index is 1.50. The van der Waals surface area contributed by atoms with E-state index in [1.807, 2.05) is 0 Å². The predicted molar refractivity (Wildman–Crippen MR) is 83.1 cm³/mol. The Morgan fingerprint density at radius 3 is 0.222 bits per heavy atom. The zero-order chi connectivity index (χ0) is 12.7. The lowest BCUT2D eigenvalue weighted by atomic mass is 10.0. The van der Waals surface area contributed by atoms with Crippen LogP contribution in [-0.2, 0) is 0 Å². The maximum Gasteiger partial charge on any atom is -0.0533 e. The molecule has 0 spiro atoms. The van der Waals surface area contributed by atoms with E-state index in [1.165, 1.54) is 116 Å². The fourth-order valence-corrected chi connectivity index (χ4v) is 3.18. The van der Waals surface area contributed by atoms with Gasteiger partial charge in [0.05, 0.1) is 0 Å². The molecule has 18 heavy (non-hydrogen) atoms. The van der Waals surface area contributed by atoms with Crippen molar-refractivity contribution >= 4 is 0 Å². The highest BCUT2D eigenvalue weighted by Gasteiger charge is 1.96. The highest BCUT2D eigenvalue weighted by molar-refractivity contribution is 4.52. The molecule has 0 nitrogen and oxygen atoms in total. The molecule has 0 atom stereocenters. The summed E-state index contributed by atoms with van der Waals surface area (Å²) in [4.78, 5) is 0. The Labute approximate surface area is 116 Å². The third-order valence-corrected chi connectivity index (χ3v) is 4.50. The Hall–Kier alpha value is 0. The normalized spacial score (nSPS) is 24.0. The van der Waals surface area contributed by atoms with E-state index in [4.69, 9.17) is 0 Å². The first-order valence-electron chi connectivity index (χ1n) is 9.00. The van der Waals surface area contributed by atoms with Crippen molar-refractivity contribution < 1.29 is 0 Å². The molecule has 0 heteroatoms. The van der Waals surface area contributed by atoms with E-state index in [0.717, 1.165) is 0 Å². The van der Waals surface area contributed by atoms with Crippen LogP contribution in [0.3, 0.4) is 0 Å². The quantitative estimate of drug-likeness (QED) is 0.406. The Morgan fingerprint density at radius 2 is 0.167 bits per heavy atom. The van der Waals surface area contributed by atoms with E-state index in [9.17, 15) is 0 Å². The van der Waals surface area contributed by atoms with Crippen LogP contribution in [0.4, 0.5) is 0 Å². The third-order valence-electron chi connectivity index (χ3n) is 4.50. The van der Waals surface area contributed by atoms with Crippen molar-refractivity contribution in [3.63, 3.8) is 0 Å². The standard InChI is InChI=1S/C7H14.C6H12.C5H10/c1-2-4-6-7-5-3-1;1-2-4-6-5-3-1;1-2-4-5-3-1/h1-7H2;1-6H2;1-5H2. The zero-order valence-corrected chi connectivity index (χ0v) is 12.7. The van der Waals surface area contributed by atoms with E-state index in [1.54, 1.807) is 0 Å². The molecule has 3 saturated carbocycles. The molecule has 3 fully saturated rings. The van der Waals surface area contributed by atoms with Crippen LogP contribution < -0.4 is 0 Å². The minimum Gasteiger partial charge on any atom is -0.0533 e. The van der Waals surface area contributed by atoms with Gasteiger partial charge in [0.25, 0.3) is 0 Å². The number of hydrogen-bond acceptors (Lipinski definition) is 0. The summed E-state index contributed by atoms with van der Waals surface area (Å²) >= 11 is 0. The Balaban J connectivity index is 0.000000137. The molecule has 108 valence electrons. The molecule has 0 heterocycles. The molecule has 0 N–H and O–H groups in total. The summed E-state index contributed by atoms with van der Waals surface area (Å²) in [6, 6.07) is 0. The van der Waals surface area contributed by atoms with Gasteiger partial charge in [-0.2, -0.15) is 0 Å². The lowest BCUT2D eigenvalue weighted by Gasteiger charge is -2.05. The molecule has 0 amide bonds. The van der Waals surface area contributed by atoms with Gasteiger partial charge in [-0.05, 0) is 0 Å². The van der Waals surface area contributed by atoms with Gasteiger partial charge in [-0.15, -0.1) is 0 Å². The van der Waals surface area contributed by atoms with Gasteiger partial charge in [0, 0.05) is 0 Å². The third kappa shape index (κ3) is 11.1. The van der Waals surface area contributed by atoms with Crippen molar-refractivity contribution in [1.82, 2.24) is 0 Å². The summed E-state index contributed by atoms with van der Waals surface area (Å²) < 4.78 is 0. The first kappa shape index (κ1) is 16.1. The molecule has 0 saturated heterocycles. The van der Waals surface area contributed by atoms with Gasteiger partial charge in [0.2, 0.25) is 0 Å². The van der Waals surface area contributed by atoms with E-state index >= 15 is 0 Å². The lowest BCUT2D eigenvalue weighted by Crippen LogP contribution is -1.85. The van der Waals surface area contributed by atoms with Crippen molar-refractivity contribution in [2.45, 2.75) is 116 Å². The zero-order valence-electron chi connectivity index (χ0n) is 12.7. The maximum absolute atomic E-state index is 1.50. The molecular formula is C18H36. The molecule has 0 aromatic heterocycles. The summed E-state index contributed by atoms with van der Waals surface area (Å²) in [5.41, 5.74) is 0. The van der Waals surface area contributed by atoms with Crippen molar-refractivity contribution in [2.75, 3.05) is 0 Å². The smallest absolute Gasteiger partial charge is 0.0533 e. The van der Waals surface area contributed by atoms with Crippen molar-refractivity contribution in [3.8, 4) is 0 Å². The minimum absolute atomic E-state index is 1.50. The highest BCUT2D eigenvalue weighted by Crippen LogP contribution is 2.16. The van der Waals surface area contributed by atoms with Crippen LogP contribution in [0.15, 0.2) is 0 Å². The number of hydrogen-bond donors (Lipinski definition) is 0. The average Bonchev–Trinajstić information content (AvgIpc) is 2.90. The maximum atomic E-state index is 1.50. The van der Waals surface area contributed by atoms with Crippen LogP contribution in [0.2, 0.25) is 0 Å². The fraction of sp³-hybridized carbons (Fsp3) is 1.00. The van der Waals surface area contributed by atoms with Crippen LogP contribution in [-0.4, -0.2) is 0 Å². The SMILES string of the molecule is C1CCCC1.C1CCCCC1.C1CCCCCC1. The van der Waals surface area contributed by atoms with Gasteiger partial charge in [-0.1, -0.05) is 116 Å². The second-order valence-corrected chi connectivity index (χ2v) is 6.36. The molecule has 0 aromatic carbocycles. The van der Waals surface area contributed by atoms with Gasteiger partial charge < -0.3 is 0 Å². The molecular weight excluding hydrogens is 216 g/mol. The largest absolute Gasteiger partial charge is 0.0533 e. The van der Waals surface area contributed by atoms with Crippen LogP contribution >= 0.6 is 0 Å². The highest BCUT2D eigenvalue weighted by atomic mass is 14.0. The van der Waals surface area contributed by atoms with Crippen LogP contribution in [0.5, 0.6) is 0 Å². The van der Waals surface area contributed by atoms with Crippen molar-refractivity contribution in [3.05, 3.63) is 0 Å². The van der Waals surface area contributed by atoms with Gasteiger partial charge in [-0.25, -0.2) is 0 Å². The molecule has 0 bridgehead atoms. The van der Waals surface area contributed by atoms with Gasteiger partial charge in [0.1, 0.15) is 0 Å². The monoisotopic (exact) mass is 252 g/mol.